The molecule has 0 amide bonds. The molecule has 0 aromatic heterocycles. The van der Waals surface area contributed by atoms with E-state index in [0.717, 1.165) is 5.33 Å². The third-order valence-electron chi connectivity index (χ3n) is 2.31. The molecule has 1 rings (SSSR count). The zero-order valence-corrected chi connectivity index (χ0v) is 10.9. The highest BCUT2D eigenvalue weighted by Crippen LogP contribution is 2.18. The molecule has 0 bridgehead atoms. The van der Waals surface area contributed by atoms with Gasteiger partial charge in [0, 0.05) is 5.33 Å². The number of aryl methyl sites for hydroxylation is 1. The Morgan fingerprint density at radius 2 is 1.67 bits per heavy atom. The van der Waals surface area contributed by atoms with Crippen LogP contribution >= 0.6 is 25.8 Å². The minimum Gasteiger partial charge on any atom is -0.153 e. The van der Waals surface area contributed by atoms with E-state index in [-0.39, 0.29) is 9.90 Å². The van der Waals surface area contributed by atoms with Crippen LogP contribution in [0.1, 0.15) is 22.3 Å². The summed E-state index contributed by atoms with van der Waals surface area (Å²) < 4.78 is 0. The van der Waals surface area contributed by atoms with Crippen LogP contribution < -0.4 is 0 Å². The number of hydrogen-bond acceptors (Lipinski definition) is 0. The molecule has 2 heteroatoms. The summed E-state index contributed by atoms with van der Waals surface area (Å²) >= 11 is 3.47. The molecule has 0 heterocycles. The standard InChI is InChI=1S/C10H13Br.H3P/c1-7-4-5-10(6-11)9(3)8(7)2;/h4-5H,6H2,1-3H3;1H3. The SMILES string of the molecule is Cc1ccc(CBr)c(C)c1C.P. The summed E-state index contributed by atoms with van der Waals surface area (Å²) in [5.74, 6) is 0. The van der Waals surface area contributed by atoms with Crippen molar-refractivity contribution in [2.75, 3.05) is 0 Å². The van der Waals surface area contributed by atoms with Crippen LogP contribution in [-0.2, 0) is 5.33 Å². The molecule has 0 aliphatic heterocycles. The van der Waals surface area contributed by atoms with Crippen molar-refractivity contribution in [1.29, 1.82) is 0 Å². The second-order valence-electron chi connectivity index (χ2n) is 2.93. The molecule has 1 aromatic carbocycles. The first kappa shape index (κ1) is 12.1. The fourth-order valence-corrected chi connectivity index (χ4v) is 1.76. The Hall–Kier alpha value is 0.130. The van der Waals surface area contributed by atoms with Gasteiger partial charge in [0.15, 0.2) is 0 Å². The third-order valence-corrected chi connectivity index (χ3v) is 2.92. The van der Waals surface area contributed by atoms with Gasteiger partial charge < -0.3 is 0 Å². The maximum absolute atomic E-state index is 3.47. The van der Waals surface area contributed by atoms with Crippen LogP contribution in [0.25, 0.3) is 0 Å². The molecule has 12 heavy (non-hydrogen) atoms. The summed E-state index contributed by atoms with van der Waals surface area (Å²) in [6.07, 6.45) is 0. The molecule has 68 valence electrons. The lowest BCUT2D eigenvalue weighted by Gasteiger charge is -2.08. The van der Waals surface area contributed by atoms with Crippen molar-refractivity contribution < 1.29 is 0 Å². The van der Waals surface area contributed by atoms with E-state index < -0.39 is 0 Å². The minimum atomic E-state index is 0. The lowest BCUT2D eigenvalue weighted by Crippen LogP contribution is -1.91. The number of rotatable bonds is 1. The van der Waals surface area contributed by atoms with Gasteiger partial charge in [0.25, 0.3) is 0 Å². The summed E-state index contributed by atoms with van der Waals surface area (Å²) in [5.41, 5.74) is 5.61. The Morgan fingerprint density at radius 3 is 2.17 bits per heavy atom. The van der Waals surface area contributed by atoms with Crippen molar-refractivity contribution in [1.82, 2.24) is 0 Å². The largest absolute Gasteiger partial charge is 0.153 e. The molecule has 1 aromatic rings. The second-order valence-corrected chi connectivity index (χ2v) is 3.49. The van der Waals surface area contributed by atoms with Crippen molar-refractivity contribution in [3.63, 3.8) is 0 Å². The van der Waals surface area contributed by atoms with E-state index in [9.17, 15) is 0 Å². The van der Waals surface area contributed by atoms with E-state index in [2.05, 4.69) is 48.8 Å². The van der Waals surface area contributed by atoms with Crippen LogP contribution in [0.15, 0.2) is 12.1 Å². The molecule has 0 N–H and O–H groups in total. The molecule has 0 fully saturated rings. The van der Waals surface area contributed by atoms with Gasteiger partial charge in [-0.05, 0) is 43.0 Å². The molecule has 0 saturated heterocycles. The Morgan fingerprint density at radius 1 is 1.08 bits per heavy atom. The zero-order chi connectivity index (χ0) is 8.43. The second kappa shape index (κ2) is 4.99. The minimum absolute atomic E-state index is 0. The molecule has 1 unspecified atom stereocenters. The Balaban J connectivity index is 0.00000121. The predicted octanol–water partition coefficient (Wildman–Crippen LogP) is 3.56. The predicted molar refractivity (Wildman–Crippen MR) is 64.4 cm³/mol. The summed E-state index contributed by atoms with van der Waals surface area (Å²) in [4.78, 5) is 0. The normalized spacial score (nSPS) is 9.33. The number of halogens is 1. The average molecular weight is 247 g/mol. The molecule has 1 atom stereocenters. The van der Waals surface area contributed by atoms with Crippen molar-refractivity contribution in [3.05, 3.63) is 34.4 Å². The van der Waals surface area contributed by atoms with Gasteiger partial charge in [0.2, 0.25) is 0 Å². The van der Waals surface area contributed by atoms with E-state index in [1.54, 1.807) is 0 Å². The first-order valence-corrected chi connectivity index (χ1v) is 4.90. The number of hydrogen-bond donors (Lipinski definition) is 0. The third kappa shape index (κ3) is 2.31. The summed E-state index contributed by atoms with van der Waals surface area (Å²) in [6, 6.07) is 4.37. The van der Waals surface area contributed by atoms with Gasteiger partial charge in [-0.1, -0.05) is 28.1 Å². The Bertz CT molecular complexity index is 269. The monoisotopic (exact) mass is 246 g/mol. The maximum Gasteiger partial charge on any atom is 0.0285 e. The fourth-order valence-electron chi connectivity index (χ4n) is 1.16. The topological polar surface area (TPSA) is 0 Å². The average Bonchev–Trinajstić information content (AvgIpc) is 2.01. The number of benzene rings is 1. The lowest BCUT2D eigenvalue weighted by molar-refractivity contribution is 1.21. The van der Waals surface area contributed by atoms with Crippen molar-refractivity contribution in [2.45, 2.75) is 26.1 Å². The summed E-state index contributed by atoms with van der Waals surface area (Å²) in [6.45, 7) is 6.51. The van der Waals surface area contributed by atoms with E-state index >= 15 is 0 Å². The fraction of sp³-hybridized carbons (Fsp3) is 0.400. The molecule has 0 saturated carbocycles. The number of alkyl halides is 1. The van der Waals surface area contributed by atoms with Gasteiger partial charge in [-0.15, -0.1) is 0 Å². The highest BCUT2D eigenvalue weighted by molar-refractivity contribution is 9.08. The Labute approximate surface area is 86.5 Å². The van der Waals surface area contributed by atoms with Crippen LogP contribution in [0.5, 0.6) is 0 Å². The molecule has 0 aliphatic rings. The molecular weight excluding hydrogens is 231 g/mol. The molecule has 0 nitrogen and oxygen atoms in total. The molecule has 0 aliphatic carbocycles. The van der Waals surface area contributed by atoms with Gasteiger partial charge in [-0.3, -0.25) is 0 Å². The molecule has 0 spiro atoms. The van der Waals surface area contributed by atoms with Gasteiger partial charge in [0.05, 0.1) is 0 Å². The summed E-state index contributed by atoms with van der Waals surface area (Å²) in [5, 5.41) is 0.958. The summed E-state index contributed by atoms with van der Waals surface area (Å²) in [7, 11) is 0. The smallest absolute Gasteiger partial charge is 0.0285 e. The van der Waals surface area contributed by atoms with Crippen LogP contribution in [-0.4, -0.2) is 0 Å². The van der Waals surface area contributed by atoms with Crippen LogP contribution in [0.2, 0.25) is 0 Å². The van der Waals surface area contributed by atoms with E-state index in [1.165, 1.54) is 22.3 Å². The quantitative estimate of drug-likeness (QED) is 0.525. The highest BCUT2D eigenvalue weighted by atomic mass is 79.9. The highest BCUT2D eigenvalue weighted by Gasteiger charge is 2.00. The first-order chi connectivity index (χ1) is 5.16. The molecular formula is C10H16BrP. The van der Waals surface area contributed by atoms with E-state index in [0.29, 0.717) is 0 Å². The van der Waals surface area contributed by atoms with Gasteiger partial charge in [0.1, 0.15) is 0 Å². The van der Waals surface area contributed by atoms with E-state index in [4.69, 9.17) is 0 Å². The van der Waals surface area contributed by atoms with Crippen LogP contribution in [0, 0.1) is 20.8 Å². The Kier molecular flexibility index (Phi) is 5.04. The lowest BCUT2D eigenvalue weighted by atomic mass is 10.0. The van der Waals surface area contributed by atoms with Crippen molar-refractivity contribution in [2.24, 2.45) is 0 Å². The molecule has 0 radical (unpaired) electrons. The van der Waals surface area contributed by atoms with Gasteiger partial charge in [-0.2, -0.15) is 9.90 Å². The van der Waals surface area contributed by atoms with Crippen molar-refractivity contribution in [3.8, 4) is 0 Å². The maximum atomic E-state index is 3.47. The van der Waals surface area contributed by atoms with Gasteiger partial charge >= 0.3 is 0 Å². The van der Waals surface area contributed by atoms with Crippen molar-refractivity contribution >= 4 is 25.8 Å². The van der Waals surface area contributed by atoms with Gasteiger partial charge in [-0.25, -0.2) is 0 Å². The van der Waals surface area contributed by atoms with Crippen LogP contribution in [0.4, 0.5) is 0 Å². The van der Waals surface area contributed by atoms with E-state index in [1.807, 2.05) is 0 Å². The zero-order valence-electron chi connectivity index (χ0n) is 7.95. The van der Waals surface area contributed by atoms with Crippen LogP contribution in [0.3, 0.4) is 0 Å². The first-order valence-electron chi connectivity index (χ1n) is 3.78.